The topological polar surface area (TPSA) is 58.1 Å². The maximum atomic E-state index is 6.08. The minimum Gasteiger partial charge on any atom is -0.385 e. The normalized spacial score (nSPS) is 21.9. The van der Waals surface area contributed by atoms with Crippen molar-refractivity contribution in [3.8, 4) is 0 Å². The van der Waals surface area contributed by atoms with Crippen molar-refractivity contribution in [3.63, 3.8) is 0 Å². The third-order valence-electron chi connectivity index (χ3n) is 4.80. The van der Waals surface area contributed by atoms with Gasteiger partial charge in [0.25, 0.3) is 0 Å². The Morgan fingerprint density at radius 2 is 2.04 bits per heavy atom. The van der Waals surface area contributed by atoms with E-state index in [9.17, 15) is 0 Å². The molecule has 1 heterocycles. The van der Waals surface area contributed by atoms with Crippen molar-refractivity contribution in [2.75, 3.05) is 60.1 Å². The fraction of sp³-hybridized carbons (Fsp3) is 0.950. The maximum Gasteiger partial charge on any atom is 0.191 e. The molecule has 0 bridgehead atoms. The molecule has 1 rings (SSSR count). The van der Waals surface area contributed by atoms with Crippen molar-refractivity contribution in [1.82, 2.24) is 15.5 Å². The largest absolute Gasteiger partial charge is 0.385 e. The molecule has 0 aromatic carbocycles. The van der Waals surface area contributed by atoms with Crippen LogP contribution in [-0.2, 0) is 9.47 Å². The third kappa shape index (κ3) is 9.19. The summed E-state index contributed by atoms with van der Waals surface area (Å²) in [6.45, 7) is 15.2. The second kappa shape index (κ2) is 12.5. The van der Waals surface area contributed by atoms with Crippen molar-refractivity contribution >= 4 is 5.96 Å². The summed E-state index contributed by atoms with van der Waals surface area (Å²) < 4.78 is 11.2. The van der Waals surface area contributed by atoms with Crippen LogP contribution in [0.5, 0.6) is 0 Å². The number of aliphatic imine (C=N–C) groups is 1. The van der Waals surface area contributed by atoms with Gasteiger partial charge in [0.2, 0.25) is 0 Å². The van der Waals surface area contributed by atoms with Gasteiger partial charge in [-0.15, -0.1) is 0 Å². The summed E-state index contributed by atoms with van der Waals surface area (Å²) in [5.41, 5.74) is 0.164. The van der Waals surface area contributed by atoms with E-state index in [0.29, 0.717) is 5.92 Å². The molecule has 1 saturated heterocycles. The van der Waals surface area contributed by atoms with Gasteiger partial charge in [-0.05, 0) is 38.6 Å². The Hall–Kier alpha value is -0.850. The molecule has 0 spiro atoms. The maximum absolute atomic E-state index is 6.08. The fourth-order valence-electron chi connectivity index (χ4n) is 3.49. The second-order valence-electron chi connectivity index (χ2n) is 8.36. The molecule has 0 aromatic heterocycles. The van der Waals surface area contributed by atoms with Gasteiger partial charge < -0.3 is 25.0 Å². The van der Waals surface area contributed by atoms with E-state index < -0.39 is 0 Å². The summed E-state index contributed by atoms with van der Waals surface area (Å²) in [6.07, 6.45) is 3.70. The number of likely N-dealkylation sites (N-methyl/N-ethyl adjacent to an activating group) is 1. The van der Waals surface area contributed by atoms with E-state index in [1.54, 1.807) is 7.11 Å². The Morgan fingerprint density at radius 1 is 1.27 bits per heavy atom. The molecule has 0 amide bonds. The molecule has 154 valence electrons. The molecule has 0 aliphatic carbocycles. The Labute approximate surface area is 161 Å². The van der Waals surface area contributed by atoms with Crippen molar-refractivity contribution in [1.29, 1.82) is 0 Å². The van der Waals surface area contributed by atoms with E-state index in [4.69, 9.17) is 14.5 Å². The monoisotopic (exact) mass is 370 g/mol. The van der Waals surface area contributed by atoms with Gasteiger partial charge in [0, 0.05) is 59.0 Å². The quantitative estimate of drug-likeness (QED) is 0.351. The molecular weight excluding hydrogens is 328 g/mol. The highest BCUT2D eigenvalue weighted by Crippen LogP contribution is 2.34. The number of methoxy groups -OCH3 is 1. The molecule has 0 aromatic rings. The molecule has 0 radical (unpaired) electrons. The highest BCUT2D eigenvalue weighted by Gasteiger charge is 2.35. The predicted molar refractivity (Wildman–Crippen MR) is 110 cm³/mol. The number of hydrogen-bond acceptors (Lipinski definition) is 4. The smallest absolute Gasteiger partial charge is 0.191 e. The highest BCUT2D eigenvalue weighted by molar-refractivity contribution is 5.79. The second-order valence-corrected chi connectivity index (χ2v) is 8.36. The number of nitrogens with one attached hydrogen (secondary N) is 2. The van der Waals surface area contributed by atoms with E-state index >= 15 is 0 Å². The first-order valence-electron chi connectivity index (χ1n) is 10.2. The van der Waals surface area contributed by atoms with Gasteiger partial charge in [0.1, 0.15) is 0 Å². The molecule has 6 heteroatoms. The van der Waals surface area contributed by atoms with Crippen LogP contribution in [-0.4, -0.2) is 77.1 Å². The van der Waals surface area contributed by atoms with E-state index in [2.05, 4.69) is 50.3 Å². The molecule has 2 atom stereocenters. The number of hydrogen-bond donors (Lipinski definition) is 2. The van der Waals surface area contributed by atoms with Crippen LogP contribution in [0.3, 0.4) is 0 Å². The summed E-state index contributed by atoms with van der Waals surface area (Å²) in [5, 5.41) is 6.82. The van der Waals surface area contributed by atoms with Crippen LogP contribution >= 0.6 is 0 Å². The van der Waals surface area contributed by atoms with Gasteiger partial charge in [-0.3, -0.25) is 4.99 Å². The Morgan fingerprint density at radius 3 is 2.69 bits per heavy atom. The molecule has 1 aliphatic rings. The summed E-state index contributed by atoms with van der Waals surface area (Å²) in [7, 11) is 3.90. The van der Waals surface area contributed by atoms with E-state index in [1.165, 1.54) is 6.42 Å². The van der Waals surface area contributed by atoms with Gasteiger partial charge >= 0.3 is 0 Å². The molecular formula is C20H42N4O2. The van der Waals surface area contributed by atoms with Crippen LogP contribution in [0.1, 0.15) is 47.0 Å². The average Bonchev–Trinajstić information content (AvgIpc) is 2.59. The lowest BCUT2D eigenvalue weighted by Crippen LogP contribution is -2.43. The van der Waals surface area contributed by atoms with Gasteiger partial charge in [0.05, 0.1) is 6.10 Å². The van der Waals surface area contributed by atoms with Crippen molar-refractivity contribution in [3.05, 3.63) is 0 Å². The standard InChI is InChI=1S/C20H42N4O2/c1-7-21-19(22-11-13-24(5)12-9-14-25-6)23-16-17-10-8-15-26-18(17)20(2,3)4/h17-18H,7-16H2,1-6H3,(H2,21,22,23). The minimum atomic E-state index is 0.164. The molecule has 2 N–H and O–H groups in total. The molecule has 0 saturated carbocycles. The Balaban J connectivity index is 2.46. The van der Waals surface area contributed by atoms with Crippen molar-refractivity contribution in [2.24, 2.45) is 16.3 Å². The lowest BCUT2D eigenvalue weighted by atomic mass is 9.78. The lowest BCUT2D eigenvalue weighted by molar-refractivity contribution is -0.0823. The molecule has 1 fully saturated rings. The molecule has 6 nitrogen and oxygen atoms in total. The molecule has 1 aliphatic heterocycles. The van der Waals surface area contributed by atoms with Crippen LogP contribution < -0.4 is 10.6 Å². The zero-order valence-corrected chi connectivity index (χ0v) is 17.9. The summed E-state index contributed by atoms with van der Waals surface area (Å²) in [4.78, 5) is 7.17. The zero-order valence-electron chi connectivity index (χ0n) is 17.9. The average molecular weight is 371 g/mol. The predicted octanol–water partition coefficient (Wildman–Crippen LogP) is 2.35. The van der Waals surface area contributed by atoms with Crippen LogP contribution in [0.25, 0.3) is 0 Å². The van der Waals surface area contributed by atoms with E-state index in [-0.39, 0.29) is 11.5 Å². The van der Waals surface area contributed by atoms with Crippen LogP contribution in [0.15, 0.2) is 4.99 Å². The van der Waals surface area contributed by atoms with Gasteiger partial charge in [-0.25, -0.2) is 0 Å². The number of rotatable bonds is 10. The molecule has 2 unspecified atom stereocenters. The highest BCUT2D eigenvalue weighted by atomic mass is 16.5. The first kappa shape index (κ1) is 23.2. The van der Waals surface area contributed by atoms with Crippen LogP contribution in [0.2, 0.25) is 0 Å². The van der Waals surface area contributed by atoms with Crippen molar-refractivity contribution < 1.29 is 9.47 Å². The van der Waals surface area contributed by atoms with Gasteiger partial charge in [-0.1, -0.05) is 20.8 Å². The minimum absolute atomic E-state index is 0.164. The number of nitrogens with zero attached hydrogens (tertiary/aromatic N) is 2. The number of guanidine groups is 1. The van der Waals surface area contributed by atoms with E-state index in [1.807, 2.05) is 0 Å². The first-order chi connectivity index (χ1) is 12.4. The summed E-state index contributed by atoms with van der Waals surface area (Å²) in [5.74, 6) is 1.41. The van der Waals surface area contributed by atoms with Gasteiger partial charge in [-0.2, -0.15) is 0 Å². The summed E-state index contributed by atoms with van der Waals surface area (Å²) in [6, 6.07) is 0. The number of ether oxygens (including phenoxy) is 2. The zero-order chi connectivity index (χ0) is 19.4. The Kier molecular flexibility index (Phi) is 11.2. The fourth-order valence-corrected chi connectivity index (χ4v) is 3.49. The SMILES string of the molecule is CCNC(=NCC1CCCOC1C(C)(C)C)NCCN(C)CCCOC. The van der Waals surface area contributed by atoms with Crippen LogP contribution in [0, 0.1) is 11.3 Å². The van der Waals surface area contributed by atoms with E-state index in [0.717, 1.165) is 64.7 Å². The van der Waals surface area contributed by atoms with Gasteiger partial charge in [0.15, 0.2) is 5.96 Å². The lowest BCUT2D eigenvalue weighted by Gasteiger charge is -2.39. The summed E-state index contributed by atoms with van der Waals surface area (Å²) >= 11 is 0. The Bertz CT molecular complexity index is 396. The molecule has 26 heavy (non-hydrogen) atoms. The first-order valence-corrected chi connectivity index (χ1v) is 10.2. The van der Waals surface area contributed by atoms with Crippen molar-refractivity contribution in [2.45, 2.75) is 53.1 Å². The third-order valence-corrected chi connectivity index (χ3v) is 4.80. The van der Waals surface area contributed by atoms with Crippen LogP contribution in [0.4, 0.5) is 0 Å².